The molecule has 0 bridgehead atoms. The summed E-state index contributed by atoms with van der Waals surface area (Å²) < 4.78 is 17.7. The molecule has 2 aromatic rings. The Morgan fingerprint density at radius 2 is 1.59 bits per heavy atom. The van der Waals surface area contributed by atoms with E-state index in [1.54, 1.807) is 0 Å². The van der Waals surface area contributed by atoms with E-state index in [9.17, 15) is 4.21 Å². The molecule has 2 rings (SSSR count). The van der Waals surface area contributed by atoms with Crippen LogP contribution < -0.4 is 4.18 Å². The Morgan fingerprint density at radius 1 is 0.909 bits per heavy atom. The molecule has 0 N–H and O–H groups in total. The Bertz CT molecular complexity index is 588. The van der Waals surface area contributed by atoms with Crippen LogP contribution in [0.1, 0.15) is 43.7 Å². The molecule has 0 spiro atoms. The smallest absolute Gasteiger partial charge is 0.240 e. The number of hydrogen-bond acceptors (Lipinski definition) is 2. The van der Waals surface area contributed by atoms with Gasteiger partial charge in [0.25, 0.3) is 0 Å². The van der Waals surface area contributed by atoms with Gasteiger partial charge in [-0.25, -0.2) is 4.21 Å². The second-order valence-corrected chi connectivity index (χ2v) is 6.69. The second kappa shape index (κ2) is 8.74. The van der Waals surface area contributed by atoms with Gasteiger partial charge in [0.2, 0.25) is 11.1 Å². The van der Waals surface area contributed by atoms with Gasteiger partial charge in [0.15, 0.2) is 0 Å². The molecule has 0 saturated heterocycles. The van der Waals surface area contributed by atoms with E-state index in [2.05, 4.69) is 19.1 Å². The van der Waals surface area contributed by atoms with Crippen LogP contribution in [0.4, 0.5) is 0 Å². The van der Waals surface area contributed by atoms with Crippen molar-refractivity contribution >= 4 is 11.1 Å². The third-order valence-corrected chi connectivity index (χ3v) is 4.63. The third kappa shape index (κ3) is 5.30. The van der Waals surface area contributed by atoms with Crippen molar-refractivity contribution in [1.29, 1.82) is 0 Å². The van der Waals surface area contributed by atoms with Crippen molar-refractivity contribution < 1.29 is 8.39 Å². The molecule has 0 amide bonds. The fourth-order valence-electron chi connectivity index (χ4n) is 2.25. The number of unbranched alkanes of at least 4 members (excludes halogenated alkanes) is 3. The largest absolute Gasteiger partial charge is 0.397 e. The summed E-state index contributed by atoms with van der Waals surface area (Å²) in [5.41, 5.74) is 2.46. The molecule has 0 aliphatic carbocycles. The highest BCUT2D eigenvalue weighted by molar-refractivity contribution is 7.80. The zero-order valence-corrected chi connectivity index (χ0v) is 14.2. The van der Waals surface area contributed by atoms with Gasteiger partial charge in [0.05, 0.1) is 4.90 Å². The number of benzene rings is 2. The molecule has 1 atom stereocenters. The first kappa shape index (κ1) is 16.8. The van der Waals surface area contributed by atoms with Crippen molar-refractivity contribution in [2.75, 3.05) is 0 Å². The first-order valence-electron chi connectivity index (χ1n) is 7.94. The monoisotopic (exact) mass is 316 g/mol. The molecule has 1 unspecified atom stereocenters. The molecule has 0 aliphatic rings. The molecule has 22 heavy (non-hydrogen) atoms. The lowest BCUT2D eigenvalue weighted by Crippen LogP contribution is -2.01. The summed E-state index contributed by atoms with van der Waals surface area (Å²) in [4.78, 5) is 0.706. The number of rotatable bonds is 8. The molecule has 0 heterocycles. The van der Waals surface area contributed by atoms with Crippen LogP contribution in [0.3, 0.4) is 0 Å². The minimum Gasteiger partial charge on any atom is -0.397 e. The standard InChI is InChI=1S/C19H24O2S/c1-3-4-5-6-7-17-10-14-19(15-11-17)22(20)21-18-12-8-16(2)9-13-18/h8-15H,3-7H2,1-2H3. The van der Waals surface area contributed by atoms with Crippen LogP contribution in [0.25, 0.3) is 0 Å². The summed E-state index contributed by atoms with van der Waals surface area (Å²) in [6.07, 6.45) is 6.14. The summed E-state index contributed by atoms with van der Waals surface area (Å²) >= 11 is -1.46. The predicted molar refractivity (Wildman–Crippen MR) is 92.5 cm³/mol. The van der Waals surface area contributed by atoms with Crippen LogP contribution in [0, 0.1) is 6.92 Å². The van der Waals surface area contributed by atoms with E-state index in [1.165, 1.54) is 31.2 Å². The quantitative estimate of drug-likeness (QED) is 0.624. The maximum Gasteiger partial charge on any atom is 0.240 e. The predicted octanol–water partition coefficient (Wildman–Crippen LogP) is 5.22. The molecule has 0 aromatic heterocycles. The molecular formula is C19H24O2S. The van der Waals surface area contributed by atoms with Crippen LogP contribution in [-0.4, -0.2) is 4.21 Å². The van der Waals surface area contributed by atoms with Crippen molar-refractivity contribution in [3.8, 4) is 5.75 Å². The van der Waals surface area contributed by atoms with E-state index >= 15 is 0 Å². The Balaban J connectivity index is 1.89. The summed E-state index contributed by atoms with van der Waals surface area (Å²) in [6.45, 7) is 4.23. The average Bonchev–Trinajstić information content (AvgIpc) is 2.54. The van der Waals surface area contributed by atoms with Gasteiger partial charge in [-0.2, -0.15) is 0 Å². The summed E-state index contributed by atoms with van der Waals surface area (Å²) in [5.74, 6) is 0.632. The van der Waals surface area contributed by atoms with Crippen LogP contribution in [-0.2, 0) is 17.5 Å². The fourth-order valence-corrected chi connectivity index (χ4v) is 2.99. The second-order valence-electron chi connectivity index (χ2n) is 5.59. The third-order valence-electron chi connectivity index (χ3n) is 3.63. The van der Waals surface area contributed by atoms with Gasteiger partial charge in [0.1, 0.15) is 5.75 Å². The number of hydrogen-bond donors (Lipinski definition) is 0. The minimum atomic E-state index is -1.46. The normalized spacial score (nSPS) is 12.1. The highest BCUT2D eigenvalue weighted by atomic mass is 32.2. The lowest BCUT2D eigenvalue weighted by molar-refractivity contribution is 0.562. The van der Waals surface area contributed by atoms with Gasteiger partial charge < -0.3 is 4.18 Å². The van der Waals surface area contributed by atoms with Crippen LogP contribution in [0.5, 0.6) is 5.75 Å². The van der Waals surface area contributed by atoms with Gasteiger partial charge >= 0.3 is 0 Å². The van der Waals surface area contributed by atoms with Gasteiger partial charge in [0, 0.05) is 0 Å². The van der Waals surface area contributed by atoms with Crippen LogP contribution in [0.2, 0.25) is 0 Å². The molecule has 118 valence electrons. The Labute approximate surface area is 136 Å². The van der Waals surface area contributed by atoms with E-state index < -0.39 is 11.1 Å². The SMILES string of the molecule is CCCCCCc1ccc(S(=O)Oc2ccc(C)cc2)cc1. The zero-order valence-electron chi connectivity index (χ0n) is 13.4. The Kier molecular flexibility index (Phi) is 6.66. The topological polar surface area (TPSA) is 26.3 Å². The maximum atomic E-state index is 12.2. The molecule has 0 aliphatic heterocycles. The summed E-state index contributed by atoms with van der Waals surface area (Å²) in [6, 6.07) is 15.5. The molecule has 0 radical (unpaired) electrons. The van der Waals surface area contributed by atoms with E-state index in [0.717, 1.165) is 12.0 Å². The minimum absolute atomic E-state index is 0.632. The van der Waals surface area contributed by atoms with Gasteiger partial charge in [-0.15, -0.1) is 0 Å². The van der Waals surface area contributed by atoms with Crippen LogP contribution in [0.15, 0.2) is 53.4 Å². The molecule has 0 fully saturated rings. The summed E-state index contributed by atoms with van der Waals surface area (Å²) in [5, 5.41) is 0. The Hall–Kier alpha value is -1.61. The molecule has 2 aromatic carbocycles. The highest BCUT2D eigenvalue weighted by Crippen LogP contribution is 2.17. The molecular weight excluding hydrogens is 292 g/mol. The molecule has 3 heteroatoms. The van der Waals surface area contributed by atoms with Crippen molar-refractivity contribution in [2.45, 2.75) is 50.8 Å². The van der Waals surface area contributed by atoms with Crippen molar-refractivity contribution in [3.63, 3.8) is 0 Å². The average molecular weight is 316 g/mol. The van der Waals surface area contributed by atoms with Gasteiger partial charge in [-0.3, -0.25) is 0 Å². The highest BCUT2D eigenvalue weighted by Gasteiger charge is 2.06. The fraction of sp³-hybridized carbons (Fsp3) is 0.368. The maximum absolute atomic E-state index is 12.2. The van der Waals surface area contributed by atoms with E-state index in [0.29, 0.717) is 10.6 Å². The van der Waals surface area contributed by atoms with E-state index in [-0.39, 0.29) is 0 Å². The lowest BCUT2D eigenvalue weighted by Gasteiger charge is -2.06. The van der Waals surface area contributed by atoms with Gasteiger partial charge in [-0.05, 0) is 49.6 Å². The van der Waals surface area contributed by atoms with Crippen molar-refractivity contribution in [3.05, 3.63) is 59.7 Å². The lowest BCUT2D eigenvalue weighted by atomic mass is 10.1. The first-order valence-corrected chi connectivity index (χ1v) is 9.02. The first-order chi connectivity index (χ1) is 10.7. The van der Waals surface area contributed by atoms with Crippen molar-refractivity contribution in [2.24, 2.45) is 0 Å². The van der Waals surface area contributed by atoms with E-state index in [1.807, 2.05) is 43.3 Å². The van der Waals surface area contributed by atoms with Crippen molar-refractivity contribution in [1.82, 2.24) is 0 Å². The zero-order chi connectivity index (χ0) is 15.8. The van der Waals surface area contributed by atoms with Crippen LogP contribution >= 0.6 is 0 Å². The van der Waals surface area contributed by atoms with E-state index in [4.69, 9.17) is 4.18 Å². The Morgan fingerprint density at radius 3 is 2.23 bits per heavy atom. The molecule has 0 saturated carbocycles. The molecule has 2 nitrogen and oxygen atoms in total. The van der Waals surface area contributed by atoms with Gasteiger partial charge in [-0.1, -0.05) is 56.0 Å². The number of aryl methyl sites for hydroxylation is 2. The summed E-state index contributed by atoms with van der Waals surface area (Å²) in [7, 11) is 0.